The lowest BCUT2D eigenvalue weighted by atomic mass is 10.1. The molecule has 0 saturated heterocycles. The highest BCUT2D eigenvalue weighted by molar-refractivity contribution is 5.92. The van der Waals surface area contributed by atoms with Crippen LogP contribution in [0.3, 0.4) is 0 Å². The fraction of sp³-hybridized carbons (Fsp3) is 0.263. The molecule has 3 N–H and O–H groups in total. The Balaban J connectivity index is 2.13. The molecule has 0 spiro atoms. The Labute approximate surface area is 146 Å². The molecule has 0 aliphatic rings. The van der Waals surface area contributed by atoms with Crippen molar-refractivity contribution >= 4 is 12.0 Å². The number of carbonyl (C=O) groups is 2. The third-order valence-electron chi connectivity index (χ3n) is 3.41. The van der Waals surface area contributed by atoms with Gasteiger partial charge in [-0.3, -0.25) is 0 Å². The number of hydrogen-bond acceptors (Lipinski definition) is 4. The van der Waals surface area contributed by atoms with Gasteiger partial charge in [-0.15, -0.1) is 0 Å². The van der Waals surface area contributed by atoms with Crippen molar-refractivity contribution in [3.8, 4) is 5.75 Å². The predicted octanol–water partition coefficient (Wildman–Crippen LogP) is 3.00. The third-order valence-corrected chi connectivity index (χ3v) is 3.41. The van der Waals surface area contributed by atoms with Gasteiger partial charge in [0, 0.05) is 6.54 Å². The minimum atomic E-state index is -0.625. The number of benzene rings is 2. The summed E-state index contributed by atoms with van der Waals surface area (Å²) in [7, 11) is 0. The van der Waals surface area contributed by atoms with E-state index in [0.717, 1.165) is 17.5 Å². The normalized spacial score (nSPS) is 10.1. The summed E-state index contributed by atoms with van der Waals surface area (Å²) in [4.78, 5) is 23.3. The van der Waals surface area contributed by atoms with E-state index in [2.05, 4.69) is 5.32 Å². The number of carbonyl (C=O) groups excluding carboxylic acids is 2. The van der Waals surface area contributed by atoms with Crippen LogP contribution < -0.4 is 15.8 Å². The molecule has 132 valence electrons. The molecule has 2 rings (SSSR count). The van der Waals surface area contributed by atoms with Gasteiger partial charge in [0.05, 0.1) is 6.61 Å². The van der Waals surface area contributed by atoms with Gasteiger partial charge in [0.25, 0.3) is 0 Å². The summed E-state index contributed by atoms with van der Waals surface area (Å²) in [5, 5.41) is 2.49. The van der Waals surface area contributed by atoms with Crippen molar-refractivity contribution in [2.75, 3.05) is 6.61 Å². The Hall–Kier alpha value is -3.02. The van der Waals surface area contributed by atoms with Gasteiger partial charge in [-0.1, -0.05) is 43.3 Å². The number of amides is 2. The lowest BCUT2D eigenvalue weighted by Gasteiger charge is -2.13. The number of nitrogens with one attached hydrogen (secondary N) is 1. The molecule has 2 aromatic carbocycles. The second-order valence-electron chi connectivity index (χ2n) is 5.46. The number of urea groups is 1. The van der Waals surface area contributed by atoms with Crippen molar-refractivity contribution in [3.63, 3.8) is 0 Å². The fourth-order valence-corrected chi connectivity index (χ4v) is 2.17. The van der Waals surface area contributed by atoms with Gasteiger partial charge in [0.15, 0.2) is 0 Å². The summed E-state index contributed by atoms with van der Waals surface area (Å²) >= 11 is 0. The van der Waals surface area contributed by atoms with E-state index >= 15 is 0 Å². The quantitative estimate of drug-likeness (QED) is 0.722. The molecule has 0 aromatic heterocycles. The first-order chi connectivity index (χ1) is 12.1. The van der Waals surface area contributed by atoms with E-state index in [-0.39, 0.29) is 13.2 Å². The molecule has 6 heteroatoms. The smallest absolute Gasteiger partial charge is 0.342 e. The Kier molecular flexibility index (Phi) is 6.83. The van der Waals surface area contributed by atoms with Crippen molar-refractivity contribution in [1.82, 2.24) is 5.32 Å². The molecule has 0 saturated carbocycles. The molecule has 0 unspecified atom stereocenters. The second-order valence-corrected chi connectivity index (χ2v) is 5.46. The highest BCUT2D eigenvalue weighted by Gasteiger charge is 2.15. The molecule has 0 aliphatic carbocycles. The van der Waals surface area contributed by atoms with Crippen molar-refractivity contribution in [1.29, 1.82) is 0 Å². The van der Waals surface area contributed by atoms with Crippen molar-refractivity contribution in [3.05, 3.63) is 65.2 Å². The summed E-state index contributed by atoms with van der Waals surface area (Å²) in [6.45, 7) is 2.88. The lowest BCUT2D eigenvalue weighted by molar-refractivity contribution is 0.0468. The average Bonchev–Trinajstić information content (AvgIpc) is 2.63. The number of rotatable bonds is 8. The van der Waals surface area contributed by atoms with Crippen LogP contribution in [-0.4, -0.2) is 18.6 Å². The summed E-state index contributed by atoms with van der Waals surface area (Å²) < 4.78 is 11.0. The van der Waals surface area contributed by atoms with Crippen LogP contribution in [0, 0.1) is 0 Å². The maximum absolute atomic E-state index is 12.5. The summed E-state index contributed by atoms with van der Waals surface area (Å²) in [6.07, 6.45) is 0.823. The van der Waals surface area contributed by atoms with E-state index < -0.39 is 12.0 Å². The first-order valence-electron chi connectivity index (χ1n) is 8.10. The average molecular weight is 342 g/mol. The number of hydrogen-bond donors (Lipinski definition) is 2. The monoisotopic (exact) mass is 342 g/mol. The Morgan fingerprint density at radius 3 is 2.52 bits per heavy atom. The molecule has 0 fully saturated rings. The van der Waals surface area contributed by atoms with Crippen molar-refractivity contribution in [2.45, 2.75) is 26.5 Å². The zero-order valence-electron chi connectivity index (χ0n) is 14.2. The molecular weight excluding hydrogens is 320 g/mol. The van der Waals surface area contributed by atoms with Gasteiger partial charge >= 0.3 is 12.0 Å². The minimum absolute atomic E-state index is 0.177. The Bertz CT molecular complexity index is 717. The second kappa shape index (κ2) is 9.32. The molecule has 6 nitrogen and oxygen atoms in total. The maximum atomic E-state index is 12.5. The zero-order valence-corrected chi connectivity index (χ0v) is 14.2. The number of esters is 1. The SMILES string of the molecule is CCCOc1ccc(CNC(N)=O)cc1C(=O)OCc1ccccc1. The summed E-state index contributed by atoms with van der Waals surface area (Å²) in [5.41, 5.74) is 7.04. The van der Waals surface area contributed by atoms with Crippen LogP contribution in [0.2, 0.25) is 0 Å². The minimum Gasteiger partial charge on any atom is -0.493 e. The number of primary amides is 1. The first kappa shape index (κ1) is 18.3. The van der Waals surface area contributed by atoms with Gasteiger partial charge in [-0.05, 0) is 29.7 Å². The Morgan fingerprint density at radius 2 is 1.84 bits per heavy atom. The van der Waals surface area contributed by atoms with Gasteiger partial charge in [0.2, 0.25) is 0 Å². The largest absolute Gasteiger partial charge is 0.493 e. The molecule has 0 bridgehead atoms. The van der Waals surface area contributed by atoms with Crippen LogP contribution >= 0.6 is 0 Å². The highest BCUT2D eigenvalue weighted by atomic mass is 16.5. The number of ether oxygens (including phenoxy) is 2. The van der Waals surface area contributed by atoms with Crippen LogP contribution in [-0.2, 0) is 17.9 Å². The van der Waals surface area contributed by atoms with Gasteiger partial charge < -0.3 is 20.5 Å². The maximum Gasteiger partial charge on any atom is 0.342 e. The lowest BCUT2D eigenvalue weighted by Crippen LogP contribution is -2.28. The van der Waals surface area contributed by atoms with E-state index in [4.69, 9.17) is 15.2 Å². The van der Waals surface area contributed by atoms with E-state index in [1.807, 2.05) is 37.3 Å². The van der Waals surface area contributed by atoms with Crippen LogP contribution in [0.15, 0.2) is 48.5 Å². The van der Waals surface area contributed by atoms with Crippen LogP contribution in [0.5, 0.6) is 5.75 Å². The van der Waals surface area contributed by atoms with E-state index in [1.165, 1.54) is 0 Å². The van der Waals surface area contributed by atoms with E-state index in [0.29, 0.717) is 17.9 Å². The van der Waals surface area contributed by atoms with Crippen molar-refractivity contribution < 1.29 is 19.1 Å². The van der Waals surface area contributed by atoms with Crippen LogP contribution in [0.25, 0.3) is 0 Å². The number of nitrogens with two attached hydrogens (primary N) is 1. The molecule has 2 aromatic rings. The predicted molar refractivity (Wildman–Crippen MR) is 94.2 cm³/mol. The molecule has 25 heavy (non-hydrogen) atoms. The van der Waals surface area contributed by atoms with Gasteiger partial charge in [0.1, 0.15) is 17.9 Å². The summed E-state index contributed by atoms with van der Waals surface area (Å²) in [5.74, 6) is -0.0152. The van der Waals surface area contributed by atoms with E-state index in [9.17, 15) is 9.59 Å². The van der Waals surface area contributed by atoms with Crippen molar-refractivity contribution in [2.24, 2.45) is 5.73 Å². The molecule has 0 atom stereocenters. The molecule has 0 radical (unpaired) electrons. The molecule has 0 aliphatic heterocycles. The molecule has 0 heterocycles. The van der Waals surface area contributed by atoms with Crippen LogP contribution in [0.1, 0.15) is 34.8 Å². The zero-order chi connectivity index (χ0) is 18.1. The molecular formula is C19H22N2O4. The van der Waals surface area contributed by atoms with Gasteiger partial charge in [-0.25, -0.2) is 9.59 Å². The Morgan fingerprint density at radius 1 is 1.08 bits per heavy atom. The highest BCUT2D eigenvalue weighted by Crippen LogP contribution is 2.22. The van der Waals surface area contributed by atoms with E-state index in [1.54, 1.807) is 18.2 Å². The summed E-state index contributed by atoms with van der Waals surface area (Å²) in [6, 6.07) is 13.9. The fourth-order valence-electron chi connectivity index (χ4n) is 2.17. The standard InChI is InChI=1S/C19H22N2O4/c1-2-10-24-17-9-8-15(12-21-19(20)23)11-16(17)18(22)25-13-14-6-4-3-5-7-14/h3-9,11H,2,10,12-13H2,1H3,(H3,20,21,23). The topological polar surface area (TPSA) is 90.6 Å². The molecule has 2 amide bonds. The van der Waals surface area contributed by atoms with Gasteiger partial charge in [-0.2, -0.15) is 0 Å². The first-order valence-corrected chi connectivity index (χ1v) is 8.10. The third kappa shape index (κ3) is 5.84. The van der Waals surface area contributed by atoms with Crippen LogP contribution in [0.4, 0.5) is 4.79 Å².